The highest BCUT2D eigenvalue weighted by atomic mass is 35.5. The topological polar surface area (TPSA) is 78.1 Å². The van der Waals surface area contributed by atoms with Gasteiger partial charge in [0.2, 0.25) is 0 Å². The lowest BCUT2D eigenvalue weighted by molar-refractivity contribution is 0.0602. The molecule has 2 N–H and O–H groups in total. The zero-order valence-corrected chi connectivity index (χ0v) is 13.6. The number of nitrogens with two attached hydrogens (primary N) is 1. The Morgan fingerprint density at radius 1 is 1.17 bits per heavy atom. The predicted octanol–water partition coefficient (Wildman–Crippen LogP) is 3.83. The van der Waals surface area contributed by atoms with Crippen molar-refractivity contribution in [1.82, 2.24) is 9.97 Å². The molecule has 0 bridgehead atoms. The van der Waals surface area contributed by atoms with Crippen molar-refractivity contribution >= 4 is 23.3 Å². The summed E-state index contributed by atoms with van der Waals surface area (Å²) in [5, 5.41) is 0.620. The van der Waals surface area contributed by atoms with Crippen LogP contribution in [0.1, 0.15) is 10.4 Å². The van der Waals surface area contributed by atoms with Crippen LogP contribution in [-0.4, -0.2) is 23.0 Å². The second-order valence-electron chi connectivity index (χ2n) is 5.06. The summed E-state index contributed by atoms with van der Waals surface area (Å²) in [5.74, 6) is -0.518. The van der Waals surface area contributed by atoms with Crippen molar-refractivity contribution in [1.29, 1.82) is 0 Å². The van der Waals surface area contributed by atoms with E-state index >= 15 is 0 Å². The first kappa shape index (κ1) is 16.0. The number of hydrogen-bond acceptors (Lipinski definition) is 5. The maximum Gasteiger partial charge on any atom is 0.340 e. The van der Waals surface area contributed by atoms with Gasteiger partial charge in [0, 0.05) is 28.5 Å². The van der Waals surface area contributed by atoms with Crippen LogP contribution in [0.2, 0.25) is 5.02 Å². The molecule has 1 aromatic carbocycles. The Morgan fingerprint density at radius 3 is 2.54 bits per heavy atom. The lowest BCUT2D eigenvalue weighted by Crippen LogP contribution is -2.09. The average molecular weight is 340 g/mol. The van der Waals surface area contributed by atoms with Gasteiger partial charge in [-0.15, -0.1) is 0 Å². The number of ether oxygens (including phenoxy) is 1. The molecule has 0 saturated carbocycles. The van der Waals surface area contributed by atoms with E-state index in [9.17, 15) is 4.79 Å². The van der Waals surface area contributed by atoms with Crippen LogP contribution in [0, 0.1) is 0 Å². The van der Waals surface area contributed by atoms with Crippen LogP contribution in [0.3, 0.4) is 0 Å². The summed E-state index contributed by atoms with van der Waals surface area (Å²) < 4.78 is 4.83. The molecule has 24 heavy (non-hydrogen) atoms. The number of rotatable bonds is 3. The van der Waals surface area contributed by atoms with E-state index in [-0.39, 0.29) is 11.3 Å². The Bertz CT molecular complexity index is 881. The molecule has 0 spiro atoms. The molecule has 5 nitrogen and oxygen atoms in total. The van der Waals surface area contributed by atoms with Crippen LogP contribution in [0.5, 0.6) is 0 Å². The van der Waals surface area contributed by atoms with Gasteiger partial charge in [0.25, 0.3) is 0 Å². The summed E-state index contributed by atoms with van der Waals surface area (Å²) in [6.45, 7) is 0. The molecular weight excluding hydrogens is 326 g/mol. The number of anilines is 1. The van der Waals surface area contributed by atoms with E-state index in [4.69, 9.17) is 22.1 Å². The van der Waals surface area contributed by atoms with Gasteiger partial charge in [0.05, 0.1) is 29.7 Å². The van der Waals surface area contributed by atoms with Crippen LogP contribution >= 0.6 is 11.6 Å². The number of halogens is 1. The molecule has 3 aromatic rings. The molecule has 0 aliphatic heterocycles. The van der Waals surface area contributed by atoms with Crippen molar-refractivity contribution in [2.75, 3.05) is 12.8 Å². The molecule has 0 fully saturated rings. The monoisotopic (exact) mass is 339 g/mol. The van der Waals surface area contributed by atoms with E-state index < -0.39 is 5.97 Å². The third-order valence-electron chi connectivity index (χ3n) is 3.54. The van der Waals surface area contributed by atoms with E-state index in [0.29, 0.717) is 16.4 Å². The van der Waals surface area contributed by atoms with Gasteiger partial charge in [-0.25, -0.2) is 9.78 Å². The molecule has 0 saturated heterocycles. The maximum atomic E-state index is 12.1. The number of benzene rings is 1. The summed E-state index contributed by atoms with van der Waals surface area (Å²) >= 11 is 5.93. The molecule has 2 aromatic heterocycles. The van der Waals surface area contributed by atoms with Gasteiger partial charge in [-0.05, 0) is 30.3 Å². The molecule has 0 amide bonds. The lowest BCUT2D eigenvalue weighted by Gasteiger charge is -2.12. The first-order valence-electron chi connectivity index (χ1n) is 7.15. The minimum absolute atomic E-state index is 0.257. The van der Waals surface area contributed by atoms with E-state index in [1.54, 1.807) is 36.7 Å². The second kappa shape index (κ2) is 6.68. The van der Waals surface area contributed by atoms with Gasteiger partial charge in [0.1, 0.15) is 0 Å². The number of carbonyl (C=O) groups excluding carboxylic acids is 1. The van der Waals surface area contributed by atoms with Crippen LogP contribution in [-0.2, 0) is 4.74 Å². The summed E-state index contributed by atoms with van der Waals surface area (Å²) in [6, 6.07) is 12.4. The smallest absolute Gasteiger partial charge is 0.340 e. The minimum atomic E-state index is -0.518. The van der Waals surface area contributed by atoms with Gasteiger partial charge in [-0.2, -0.15) is 0 Å². The largest absolute Gasteiger partial charge is 0.465 e. The number of carbonyl (C=O) groups is 1. The number of pyridine rings is 2. The lowest BCUT2D eigenvalue weighted by atomic mass is 10.0. The third-order valence-corrected chi connectivity index (χ3v) is 3.79. The first-order chi connectivity index (χ1) is 11.6. The highest BCUT2D eigenvalue weighted by molar-refractivity contribution is 6.30. The van der Waals surface area contributed by atoms with Gasteiger partial charge in [-0.3, -0.25) is 4.98 Å². The van der Waals surface area contributed by atoms with Crippen LogP contribution in [0.4, 0.5) is 5.69 Å². The molecule has 120 valence electrons. The number of hydrogen-bond donors (Lipinski definition) is 1. The van der Waals surface area contributed by atoms with Crippen LogP contribution in [0.25, 0.3) is 22.5 Å². The van der Waals surface area contributed by atoms with Crippen molar-refractivity contribution in [3.05, 3.63) is 65.4 Å². The third kappa shape index (κ3) is 3.07. The minimum Gasteiger partial charge on any atom is -0.465 e. The fourth-order valence-corrected chi connectivity index (χ4v) is 2.45. The van der Waals surface area contributed by atoms with Gasteiger partial charge < -0.3 is 10.5 Å². The maximum absolute atomic E-state index is 12.1. The zero-order chi connectivity index (χ0) is 17.1. The number of esters is 1. The average Bonchev–Trinajstić information content (AvgIpc) is 2.63. The summed E-state index contributed by atoms with van der Waals surface area (Å²) in [4.78, 5) is 20.8. The molecule has 2 heterocycles. The number of nitrogens with zero attached hydrogens (tertiary/aromatic N) is 2. The number of nitrogen functional groups attached to an aromatic ring is 1. The fraction of sp³-hybridized carbons (Fsp3) is 0.0556. The Balaban J connectivity index is 2.23. The predicted molar refractivity (Wildman–Crippen MR) is 93.7 cm³/mol. The Labute approximate surface area is 144 Å². The van der Waals surface area contributed by atoms with Crippen molar-refractivity contribution in [3.8, 4) is 22.5 Å². The summed E-state index contributed by atoms with van der Waals surface area (Å²) in [7, 11) is 1.31. The van der Waals surface area contributed by atoms with Crippen LogP contribution in [0.15, 0.2) is 54.9 Å². The highest BCUT2D eigenvalue weighted by Gasteiger charge is 2.18. The second-order valence-corrected chi connectivity index (χ2v) is 5.49. The normalized spacial score (nSPS) is 10.4. The standard InChI is InChI=1S/C18H14ClN3O2/c1-24-18(23)14-9-15(11-4-6-13(19)7-5-11)22-17(16(14)20)12-3-2-8-21-10-12/h2-10H,20H2,1H3. The molecule has 0 aliphatic rings. The molecule has 6 heteroatoms. The molecule has 0 radical (unpaired) electrons. The quantitative estimate of drug-likeness (QED) is 0.734. The Kier molecular flexibility index (Phi) is 4.44. The number of aromatic nitrogens is 2. The van der Waals surface area contributed by atoms with Crippen LogP contribution < -0.4 is 5.73 Å². The first-order valence-corrected chi connectivity index (χ1v) is 7.53. The highest BCUT2D eigenvalue weighted by Crippen LogP contribution is 2.31. The molecular formula is C18H14ClN3O2. The van der Waals surface area contributed by atoms with E-state index in [0.717, 1.165) is 11.1 Å². The molecule has 3 rings (SSSR count). The van der Waals surface area contributed by atoms with Crippen molar-refractivity contribution in [2.24, 2.45) is 0 Å². The van der Waals surface area contributed by atoms with Crippen molar-refractivity contribution in [3.63, 3.8) is 0 Å². The van der Waals surface area contributed by atoms with Gasteiger partial charge in [-0.1, -0.05) is 23.7 Å². The van der Waals surface area contributed by atoms with Gasteiger partial charge in [0.15, 0.2) is 0 Å². The molecule has 0 unspecified atom stereocenters. The van der Waals surface area contributed by atoms with E-state index in [1.165, 1.54) is 7.11 Å². The van der Waals surface area contributed by atoms with E-state index in [2.05, 4.69) is 9.97 Å². The summed E-state index contributed by atoms with van der Waals surface area (Å²) in [5.41, 5.74) is 9.28. The van der Waals surface area contributed by atoms with E-state index in [1.807, 2.05) is 18.2 Å². The van der Waals surface area contributed by atoms with Crippen molar-refractivity contribution in [2.45, 2.75) is 0 Å². The molecule has 0 atom stereocenters. The van der Waals surface area contributed by atoms with Gasteiger partial charge >= 0.3 is 5.97 Å². The van der Waals surface area contributed by atoms with Crippen molar-refractivity contribution < 1.29 is 9.53 Å². The Hall–Kier alpha value is -2.92. The molecule has 0 aliphatic carbocycles. The Morgan fingerprint density at radius 2 is 1.92 bits per heavy atom. The SMILES string of the molecule is COC(=O)c1cc(-c2ccc(Cl)cc2)nc(-c2cccnc2)c1N. The summed E-state index contributed by atoms with van der Waals surface area (Å²) in [6.07, 6.45) is 3.30. The fourth-order valence-electron chi connectivity index (χ4n) is 2.33. The zero-order valence-electron chi connectivity index (χ0n) is 12.9. The number of methoxy groups -OCH3 is 1.